The molecule has 4 heterocycles. The SMILES string of the molecule is Cc1ncc(C(=O)NCC#Cc2cc3c(NC4CCN(C)CC4F)nccn3c2[Se]C(F)(F)F)s1. The summed E-state index contributed by atoms with van der Waals surface area (Å²) in [6, 6.07) is 1.04. The third-order valence-corrected chi connectivity index (χ3v) is 8.01. The maximum absolute atomic E-state index is 14.5. The number of carbonyl (C=O) groups excluding carboxylic acids is 1. The number of carbonyl (C=O) groups is 1. The molecule has 7 nitrogen and oxygen atoms in total. The summed E-state index contributed by atoms with van der Waals surface area (Å²) in [6.07, 6.45) is 3.72. The molecule has 2 atom stereocenters. The van der Waals surface area contributed by atoms with Gasteiger partial charge in [0.2, 0.25) is 0 Å². The summed E-state index contributed by atoms with van der Waals surface area (Å²) in [6.45, 7) is 2.71. The van der Waals surface area contributed by atoms with Crippen molar-refractivity contribution in [2.75, 3.05) is 32.0 Å². The average Bonchev–Trinajstić information content (AvgIpc) is 3.36. The average molecular weight is 573 g/mol. The fourth-order valence-corrected chi connectivity index (χ4v) is 5.86. The Kier molecular flexibility index (Phi) is 7.66. The molecule has 2 unspecified atom stereocenters. The third kappa shape index (κ3) is 6.32. The second-order valence-electron chi connectivity index (χ2n) is 7.99. The van der Waals surface area contributed by atoms with Gasteiger partial charge in [0.15, 0.2) is 0 Å². The Morgan fingerprint density at radius 3 is 2.86 bits per heavy atom. The molecule has 35 heavy (non-hydrogen) atoms. The molecule has 1 aliphatic rings. The zero-order valence-corrected chi connectivity index (χ0v) is 21.3. The molecule has 0 bridgehead atoms. The number of likely N-dealkylation sites (tertiary alicyclic amines) is 1. The number of anilines is 1. The van der Waals surface area contributed by atoms with Crippen LogP contribution in [0.5, 0.6) is 0 Å². The maximum atomic E-state index is 14.5. The van der Waals surface area contributed by atoms with Crippen LogP contribution in [0.25, 0.3) is 5.52 Å². The Hall–Kier alpha value is -2.65. The Labute approximate surface area is 209 Å². The number of fused-ring (bicyclic) bond motifs is 1. The van der Waals surface area contributed by atoms with E-state index in [9.17, 15) is 22.4 Å². The van der Waals surface area contributed by atoms with Gasteiger partial charge >= 0.3 is 210 Å². The summed E-state index contributed by atoms with van der Waals surface area (Å²) in [4.78, 5) is 22.7. The topological polar surface area (TPSA) is 74.6 Å². The molecular weight excluding hydrogens is 551 g/mol. The zero-order chi connectivity index (χ0) is 25.2. The van der Waals surface area contributed by atoms with Crippen LogP contribution in [0.1, 0.15) is 26.7 Å². The van der Waals surface area contributed by atoms with E-state index in [1.54, 1.807) is 6.92 Å². The van der Waals surface area contributed by atoms with Crippen molar-refractivity contribution in [2.24, 2.45) is 0 Å². The molecule has 1 fully saturated rings. The van der Waals surface area contributed by atoms with Crippen LogP contribution in [0.15, 0.2) is 24.7 Å². The Morgan fingerprint density at radius 2 is 2.17 bits per heavy atom. The monoisotopic (exact) mass is 574 g/mol. The van der Waals surface area contributed by atoms with E-state index in [0.717, 1.165) is 5.01 Å². The predicted octanol–water partition coefficient (Wildman–Crippen LogP) is 2.18. The van der Waals surface area contributed by atoms with E-state index >= 15 is 0 Å². The fourth-order valence-electron chi connectivity index (χ4n) is 3.70. The second kappa shape index (κ2) is 10.5. The van der Waals surface area contributed by atoms with Crippen LogP contribution < -0.4 is 15.2 Å². The van der Waals surface area contributed by atoms with Gasteiger partial charge in [-0.2, -0.15) is 0 Å². The molecule has 1 aliphatic heterocycles. The first kappa shape index (κ1) is 25.4. The van der Waals surface area contributed by atoms with Crippen molar-refractivity contribution in [3.63, 3.8) is 0 Å². The Morgan fingerprint density at radius 1 is 1.37 bits per heavy atom. The molecule has 0 aromatic carbocycles. The van der Waals surface area contributed by atoms with Gasteiger partial charge in [-0.05, 0) is 0 Å². The number of rotatable bonds is 5. The van der Waals surface area contributed by atoms with Crippen LogP contribution in [0.2, 0.25) is 0 Å². The summed E-state index contributed by atoms with van der Waals surface area (Å²) >= 11 is -0.636. The third-order valence-electron chi connectivity index (χ3n) is 5.34. The molecule has 3 aromatic rings. The van der Waals surface area contributed by atoms with Gasteiger partial charge in [0.25, 0.3) is 0 Å². The summed E-state index contributed by atoms with van der Waals surface area (Å²) < 4.78 is 56.1. The van der Waals surface area contributed by atoms with Crippen molar-refractivity contribution >= 4 is 48.1 Å². The number of aromatic nitrogens is 3. The number of nitrogens with one attached hydrogen (secondary N) is 2. The van der Waals surface area contributed by atoms with Crippen LogP contribution >= 0.6 is 11.3 Å². The van der Waals surface area contributed by atoms with E-state index in [-0.39, 0.29) is 29.2 Å². The van der Waals surface area contributed by atoms with Gasteiger partial charge in [-0.3, -0.25) is 0 Å². The molecule has 1 amide bonds. The van der Waals surface area contributed by atoms with Gasteiger partial charge in [-0.1, -0.05) is 0 Å². The van der Waals surface area contributed by atoms with E-state index in [1.165, 1.54) is 40.4 Å². The molecular formula is C22H22F4N6OSSe. The van der Waals surface area contributed by atoms with Crippen LogP contribution in [-0.4, -0.2) is 84.1 Å². The molecule has 1 saturated heterocycles. The van der Waals surface area contributed by atoms with Gasteiger partial charge in [-0.25, -0.2) is 0 Å². The molecule has 4 rings (SSSR count). The molecule has 2 N–H and O–H groups in total. The number of aryl methyl sites for hydroxylation is 1. The summed E-state index contributed by atoms with van der Waals surface area (Å²) in [5.74, 6) is 5.46. The first-order valence-corrected chi connectivity index (χ1v) is 13.2. The summed E-state index contributed by atoms with van der Waals surface area (Å²) in [5, 5.41) is 2.05. The first-order chi connectivity index (χ1) is 16.6. The van der Waals surface area contributed by atoms with Gasteiger partial charge < -0.3 is 0 Å². The van der Waals surface area contributed by atoms with Crippen molar-refractivity contribution in [1.29, 1.82) is 0 Å². The van der Waals surface area contributed by atoms with Crippen LogP contribution in [0, 0.1) is 18.8 Å². The molecule has 0 aliphatic carbocycles. The number of alkyl halides is 4. The van der Waals surface area contributed by atoms with Gasteiger partial charge in [-0.15, -0.1) is 0 Å². The number of hydrogen-bond acceptors (Lipinski definition) is 6. The van der Waals surface area contributed by atoms with Crippen molar-refractivity contribution in [3.8, 4) is 11.8 Å². The van der Waals surface area contributed by atoms with Crippen molar-refractivity contribution in [2.45, 2.75) is 30.6 Å². The molecule has 0 saturated carbocycles. The van der Waals surface area contributed by atoms with Crippen LogP contribution in [-0.2, 0) is 0 Å². The standard InChI is InChI=1S/C22H22F4N6OSSe/c1-13-29-11-18(34-13)20(33)28-6-3-4-14-10-17-19(30-16-5-8-31(2)12-15(16)23)27-7-9-32(17)21(14)35-22(24,25)26/h7,9-11,15-16H,5-6,8,12H2,1-2H3,(H,27,30)(H,28,33). The molecule has 186 valence electrons. The van der Waals surface area contributed by atoms with E-state index in [0.29, 0.717) is 29.2 Å². The number of thiazole rings is 1. The number of nitrogens with zero attached hydrogens (tertiary/aromatic N) is 4. The fraction of sp³-hybridized carbons (Fsp3) is 0.409. The first-order valence-electron chi connectivity index (χ1n) is 10.6. The Bertz CT molecular complexity index is 1280. The minimum absolute atomic E-state index is 0.0162. The van der Waals surface area contributed by atoms with Gasteiger partial charge in [0.05, 0.1) is 0 Å². The minimum atomic E-state index is -4.40. The molecule has 13 heteroatoms. The van der Waals surface area contributed by atoms with Gasteiger partial charge in [0.1, 0.15) is 0 Å². The number of halogens is 4. The van der Waals surface area contributed by atoms with E-state index in [1.807, 2.05) is 11.9 Å². The number of hydrogen-bond donors (Lipinski definition) is 2. The van der Waals surface area contributed by atoms with E-state index in [2.05, 4.69) is 32.4 Å². The number of amides is 1. The van der Waals surface area contributed by atoms with E-state index < -0.39 is 32.2 Å². The molecule has 0 radical (unpaired) electrons. The quantitative estimate of drug-likeness (QED) is 0.278. The van der Waals surface area contributed by atoms with Crippen LogP contribution in [0.4, 0.5) is 23.4 Å². The van der Waals surface area contributed by atoms with Crippen molar-refractivity contribution in [3.05, 3.63) is 40.1 Å². The normalized spacial score (nSPS) is 18.8. The zero-order valence-electron chi connectivity index (χ0n) is 18.8. The van der Waals surface area contributed by atoms with Crippen molar-refractivity contribution < 1.29 is 22.4 Å². The Balaban J connectivity index is 1.59. The van der Waals surface area contributed by atoms with Crippen molar-refractivity contribution in [1.82, 2.24) is 24.6 Å². The second-order valence-corrected chi connectivity index (χ2v) is 11.4. The van der Waals surface area contributed by atoms with Gasteiger partial charge in [0, 0.05) is 0 Å². The van der Waals surface area contributed by atoms with E-state index in [4.69, 9.17) is 0 Å². The molecule has 0 spiro atoms. The number of piperidine rings is 1. The predicted molar refractivity (Wildman–Crippen MR) is 127 cm³/mol. The summed E-state index contributed by atoms with van der Waals surface area (Å²) in [5.41, 5.74) is 0.592. The summed E-state index contributed by atoms with van der Waals surface area (Å²) in [7, 11) is 1.84. The van der Waals surface area contributed by atoms with Crippen LogP contribution in [0.3, 0.4) is 0 Å². The molecule has 3 aromatic heterocycles.